The second-order valence-corrected chi connectivity index (χ2v) is 3.46. The van der Waals surface area contributed by atoms with E-state index in [0.717, 1.165) is 18.7 Å². The minimum atomic E-state index is 0.0122. The number of nitrogens with one attached hydrogen (secondary N) is 2. The van der Waals surface area contributed by atoms with Crippen LogP contribution in [0.1, 0.15) is 19.4 Å². The molecule has 82 valence electrons. The van der Waals surface area contributed by atoms with Crippen molar-refractivity contribution in [3.8, 4) is 0 Å². The summed E-state index contributed by atoms with van der Waals surface area (Å²) in [6.45, 7) is 5.07. The third-order valence-corrected chi connectivity index (χ3v) is 2.19. The highest BCUT2D eigenvalue weighted by molar-refractivity contribution is 5.72. The molecule has 0 aromatic heterocycles. The molecule has 15 heavy (non-hydrogen) atoms. The molecule has 3 nitrogen and oxygen atoms in total. The van der Waals surface area contributed by atoms with Gasteiger partial charge < -0.3 is 10.6 Å². The van der Waals surface area contributed by atoms with Crippen LogP contribution in [0, 0.1) is 0 Å². The smallest absolute Gasteiger partial charge is 0.216 e. The Kier molecular flexibility index (Phi) is 4.68. The van der Waals surface area contributed by atoms with Crippen LogP contribution in [0.2, 0.25) is 0 Å². The Bertz CT molecular complexity index is 306. The van der Waals surface area contributed by atoms with Gasteiger partial charge in [0.15, 0.2) is 0 Å². The van der Waals surface area contributed by atoms with Gasteiger partial charge in [0.1, 0.15) is 0 Å². The monoisotopic (exact) mass is 206 g/mol. The van der Waals surface area contributed by atoms with E-state index in [-0.39, 0.29) is 5.91 Å². The molecule has 0 fully saturated rings. The molecule has 2 N–H and O–H groups in total. The zero-order valence-corrected chi connectivity index (χ0v) is 9.34. The quantitative estimate of drug-likeness (QED) is 0.721. The molecule has 1 aromatic rings. The molecule has 1 amide bonds. The Morgan fingerprint density at radius 3 is 2.40 bits per heavy atom. The van der Waals surface area contributed by atoms with Gasteiger partial charge in [0.05, 0.1) is 0 Å². The molecule has 0 bridgehead atoms. The van der Waals surface area contributed by atoms with Gasteiger partial charge in [-0.1, -0.05) is 19.1 Å². The molecule has 0 aliphatic heterocycles. The summed E-state index contributed by atoms with van der Waals surface area (Å²) in [5, 5.41) is 5.97. The molecule has 0 saturated heterocycles. The maximum atomic E-state index is 10.6. The van der Waals surface area contributed by atoms with Crippen molar-refractivity contribution in [1.29, 1.82) is 0 Å². The number of hydrogen-bond donors (Lipinski definition) is 2. The van der Waals surface area contributed by atoms with Crippen molar-refractivity contribution >= 4 is 11.6 Å². The second-order valence-electron chi connectivity index (χ2n) is 3.46. The molecular formula is C12H18N2O. The summed E-state index contributed by atoms with van der Waals surface area (Å²) in [7, 11) is 0. The van der Waals surface area contributed by atoms with Crippen LogP contribution < -0.4 is 10.6 Å². The molecule has 0 heterocycles. The Hall–Kier alpha value is -1.51. The summed E-state index contributed by atoms with van der Waals surface area (Å²) in [4.78, 5) is 10.6. The van der Waals surface area contributed by atoms with E-state index in [1.54, 1.807) is 0 Å². The lowest BCUT2D eigenvalue weighted by Gasteiger charge is -2.07. The molecule has 1 rings (SSSR count). The van der Waals surface area contributed by atoms with Gasteiger partial charge in [0.2, 0.25) is 5.91 Å². The number of amides is 1. The lowest BCUT2D eigenvalue weighted by molar-refractivity contribution is -0.118. The van der Waals surface area contributed by atoms with Crippen LogP contribution in [-0.2, 0) is 11.2 Å². The van der Waals surface area contributed by atoms with Gasteiger partial charge in [0, 0.05) is 25.7 Å². The lowest BCUT2D eigenvalue weighted by Crippen LogP contribution is -2.26. The predicted molar refractivity (Wildman–Crippen MR) is 63.0 cm³/mol. The Labute approximate surface area is 90.9 Å². The molecule has 0 aliphatic carbocycles. The number of anilines is 1. The second kappa shape index (κ2) is 6.06. The fourth-order valence-corrected chi connectivity index (χ4v) is 1.30. The highest BCUT2D eigenvalue weighted by Gasteiger charge is 1.93. The van der Waals surface area contributed by atoms with E-state index in [9.17, 15) is 4.79 Å². The molecule has 3 heteroatoms. The van der Waals surface area contributed by atoms with Crippen LogP contribution in [0.25, 0.3) is 0 Å². The summed E-state index contributed by atoms with van der Waals surface area (Å²) >= 11 is 0. The first-order valence-electron chi connectivity index (χ1n) is 5.29. The van der Waals surface area contributed by atoms with Crippen molar-refractivity contribution in [2.24, 2.45) is 0 Å². The van der Waals surface area contributed by atoms with Crippen LogP contribution in [-0.4, -0.2) is 19.0 Å². The lowest BCUT2D eigenvalue weighted by atomic mass is 10.1. The highest BCUT2D eigenvalue weighted by Crippen LogP contribution is 2.08. The first-order valence-corrected chi connectivity index (χ1v) is 5.29. The highest BCUT2D eigenvalue weighted by atomic mass is 16.1. The molecular weight excluding hydrogens is 188 g/mol. The van der Waals surface area contributed by atoms with Crippen molar-refractivity contribution in [3.63, 3.8) is 0 Å². The summed E-state index contributed by atoms with van der Waals surface area (Å²) < 4.78 is 0. The first-order chi connectivity index (χ1) is 7.22. The molecule has 1 aromatic carbocycles. The fourth-order valence-electron chi connectivity index (χ4n) is 1.30. The van der Waals surface area contributed by atoms with Gasteiger partial charge in [-0.05, 0) is 24.1 Å². The number of benzene rings is 1. The Balaban J connectivity index is 2.28. The number of carbonyl (C=O) groups excluding carboxylic acids is 1. The van der Waals surface area contributed by atoms with Gasteiger partial charge in [-0.25, -0.2) is 0 Å². The topological polar surface area (TPSA) is 41.1 Å². The zero-order chi connectivity index (χ0) is 11.1. The van der Waals surface area contributed by atoms with Crippen LogP contribution in [0.5, 0.6) is 0 Å². The molecule has 0 unspecified atom stereocenters. The molecule has 0 atom stereocenters. The summed E-state index contributed by atoms with van der Waals surface area (Å²) in [6, 6.07) is 8.35. The maximum Gasteiger partial charge on any atom is 0.216 e. The van der Waals surface area contributed by atoms with E-state index in [0.29, 0.717) is 6.54 Å². The minimum absolute atomic E-state index is 0.0122. The number of hydrogen-bond acceptors (Lipinski definition) is 2. The molecule has 0 saturated carbocycles. The van der Waals surface area contributed by atoms with E-state index >= 15 is 0 Å². The predicted octanol–water partition coefficient (Wildman–Crippen LogP) is 1.80. The van der Waals surface area contributed by atoms with E-state index in [1.807, 2.05) is 0 Å². The molecule has 0 radical (unpaired) electrons. The van der Waals surface area contributed by atoms with Gasteiger partial charge in [-0.15, -0.1) is 0 Å². The molecule has 0 spiro atoms. The third kappa shape index (κ3) is 4.49. The van der Waals surface area contributed by atoms with Crippen molar-refractivity contribution in [3.05, 3.63) is 29.8 Å². The van der Waals surface area contributed by atoms with E-state index in [1.165, 1.54) is 12.5 Å². The van der Waals surface area contributed by atoms with E-state index in [4.69, 9.17) is 0 Å². The van der Waals surface area contributed by atoms with Crippen molar-refractivity contribution < 1.29 is 4.79 Å². The first kappa shape index (κ1) is 11.6. The zero-order valence-electron chi connectivity index (χ0n) is 9.34. The van der Waals surface area contributed by atoms with Crippen LogP contribution in [0.4, 0.5) is 5.69 Å². The van der Waals surface area contributed by atoms with Gasteiger partial charge >= 0.3 is 0 Å². The largest absolute Gasteiger partial charge is 0.383 e. The average Bonchev–Trinajstić information content (AvgIpc) is 2.25. The van der Waals surface area contributed by atoms with Crippen LogP contribution >= 0.6 is 0 Å². The normalized spacial score (nSPS) is 9.73. The van der Waals surface area contributed by atoms with Crippen molar-refractivity contribution in [1.82, 2.24) is 5.32 Å². The van der Waals surface area contributed by atoms with Crippen molar-refractivity contribution in [2.75, 3.05) is 18.4 Å². The minimum Gasteiger partial charge on any atom is -0.383 e. The van der Waals surface area contributed by atoms with E-state index in [2.05, 4.69) is 41.8 Å². The summed E-state index contributed by atoms with van der Waals surface area (Å²) in [6.07, 6.45) is 1.06. The molecule has 0 aliphatic rings. The SMILES string of the molecule is CCc1ccc(NCCNC(C)=O)cc1. The average molecular weight is 206 g/mol. The Morgan fingerprint density at radius 1 is 1.20 bits per heavy atom. The van der Waals surface area contributed by atoms with Crippen LogP contribution in [0.15, 0.2) is 24.3 Å². The Morgan fingerprint density at radius 2 is 1.87 bits per heavy atom. The summed E-state index contributed by atoms with van der Waals surface area (Å²) in [5.74, 6) is 0.0122. The van der Waals surface area contributed by atoms with Gasteiger partial charge in [-0.3, -0.25) is 4.79 Å². The number of carbonyl (C=O) groups is 1. The van der Waals surface area contributed by atoms with E-state index < -0.39 is 0 Å². The van der Waals surface area contributed by atoms with Crippen molar-refractivity contribution in [2.45, 2.75) is 20.3 Å². The number of aryl methyl sites for hydroxylation is 1. The fraction of sp³-hybridized carbons (Fsp3) is 0.417. The van der Waals surface area contributed by atoms with Crippen LogP contribution in [0.3, 0.4) is 0 Å². The summed E-state index contributed by atoms with van der Waals surface area (Å²) in [5.41, 5.74) is 2.43. The third-order valence-electron chi connectivity index (χ3n) is 2.19. The van der Waals surface area contributed by atoms with Gasteiger partial charge in [0.25, 0.3) is 0 Å². The van der Waals surface area contributed by atoms with Gasteiger partial charge in [-0.2, -0.15) is 0 Å². The standard InChI is InChI=1S/C12H18N2O/c1-3-11-4-6-12(7-5-11)14-9-8-13-10(2)15/h4-7,14H,3,8-9H2,1-2H3,(H,13,15). The number of rotatable bonds is 5. The maximum absolute atomic E-state index is 10.6.